The number of anilines is 1. The van der Waals surface area contributed by atoms with Crippen molar-refractivity contribution in [1.82, 2.24) is 9.78 Å². The summed E-state index contributed by atoms with van der Waals surface area (Å²) in [6, 6.07) is 7.48. The summed E-state index contributed by atoms with van der Waals surface area (Å²) in [6.07, 6.45) is 3.79. The highest BCUT2D eigenvalue weighted by atomic mass is 127. The van der Waals surface area contributed by atoms with Gasteiger partial charge in [0.1, 0.15) is 12.4 Å². The third-order valence-electron chi connectivity index (χ3n) is 2.10. The minimum atomic E-state index is 0.561. The van der Waals surface area contributed by atoms with Crippen LogP contribution in [0.15, 0.2) is 36.7 Å². The first-order chi connectivity index (χ1) is 7.75. The summed E-state index contributed by atoms with van der Waals surface area (Å²) in [7, 11) is 0. The lowest BCUT2D eigenvalue weighted by Gasteiger charge is -2.08. The Hall–Kier alpha value is -1.24. The third-order valence-corrected chi connectivity index (χ3v) is 2.66. The zero-order valence-corrected chi connectivity index (χ0v) is 10.8. The lowest BCUT2D eigenvalue weighted by Crippen LogP contribution is -2.09. The summed E-state index contributed by atoms with van der Waals surface area (Å²) in [5.41, 5.74) is 6.42. The molecule has 0 aliphatic heterocycles. The van der Waals surface area contributed by atoms with E-state index in [9.17, 15) is 0 Å². The molecule has 2 rings (SSSR count). The fourth-order valence-electron chi connectivity index (χ4n) is 1.32. The van der Waals surface area contributed by atoms with E-state index in [1.807, 2.05) is 41.3 Å². The average Bonchev–Trinajstić information content (AvgIpc) is 2.67. The highest BCUT2D eigenvalue weighted by Crippen LogP contribution is 2.19. The number of nitrogen functional groups attached to an aromatic ring is 1. The maximum absolute atomic E-state index is 5.76. The summed E-state index contributed by atoms with van der Waals surface area (Å²) in [6.45, 7) is 1.28. The number of aromatic nitrogens is 2. The van der Waals surface area contributed by atoms with Gasteiger partial charge in [-0.15, -0.1) is 0 Å². The molecule has 0 aliphatic carbocycles. The lowest BCUT2D eigenvalue weighted by atomic mass is 10.3. The largest absolute Gasteiger partial charge is 0.490 e. The van der Waals surface area contributed by atoms with Crippen LogP contribution in [0.2, 0.25) is 0 Å². The molecule has 0 unspecified atom stereocenters. The predicted octanol–water partition coefficient (Wildman–Crippen LogP) is 2.15. The summed E-state index contributed by atoms with van der Waals surface area (Å²) in [5.74, 6) is 0.726. The Bertz CT molecular complexity index is 470. The summed E-state index contributed by atoms with van der Waals surface area (Å²) >= 11 is 2.23. The molecule has 0 bridgehead atoms. The predicted molar refractivity (Wildman–Crippen MR) is 71.3 cm³/mol. The highest BCUT2D eigenvalue weighted by Gasteiger charge is 1.99. The van der Waals surface area contributed by atoms with Crippen LogP contribution in [-0.4, -0.2) is 16.4 Å². The third kappa shape index (κ3) is 2.88. The molecule has 0 atom stereocenters. The van der Waals surface area contributed by atoms with Gasteiger partial charge < -0.3 is 10.5 Å². The van der Waals surface area contributed by atoms with Gasteiger partial charge in [-0.3, -0.25) is 4.68 Å². The number of benzene rings is 1. The quantitative estimate of drug-likeness (QED) is 0.691. The Labute approximate surface area is 108 Å². The zero-order chi connectivity index (χ0) is 11.4. The van der Waals surface area contributed by atoms with Crippen LogP contribution in [0.3, 0.4) is 0 Å². The normalized spacial score (nSPS) is 10.3. The molecule has 1 aromatic carbocycles. The molecule has 0 saturated carbocycles. The van der Waals surface area contributed by atoms with Crippen LogP contribution in [0.1, 0.15) is 0 Å². The van der Waals surface area contributed by atoms with Crippen molar-refractivity contribution < 1.29 is 4.74 Å². The molecule has 4 nitrogen and oxygen atoms in total. The van der Waals surface area contributed by atoms with E-state index in [1.165, 1.54) is 0 Å². The molecule has 0 spiro atoms. The van der Waals surface area contributed by atoms with Gasteiger partial charge in [-0.25, -0.2) is 0 Å². The van der Waals surface area contributed by atoms with Crippen molar-refractivity contribution >= 4 is 28.3 Å². The number of rotatable bonds is 4. The molecule has 0 saturated heterocycles. The molecule has 16 heavy (non-hydrogen) atoms. The first kappa shape index (κ1) is 11.3. The standard InChI is InChI=1S/C11H12IN3O/c12-9-7-14-15(8-9)5-6-16-11-4-2-1-3-10(11)13/h1-4,7-8H,5-6,13H2. The van der Waals surface area contributed by atoms with Gasteiger partial charge in [-0.2, -0.15) is 5.10 Å². The average molecular weight is 329 g/mol. The molecule has 2 N–H and O–H groups in total. The Morgan fingerprint density at radius 1 is 1.38 bits per heavy atom. The van der Waals surface area contributed by atoms with Crippen LogP contribution in [-0.2, 0) is 6.54 Å². The van der Waals surface area contributed by atoms with Crippen molar-refractivity contribution in [3.8, 4) is 5.75 Å². The van der Waals surface area contributed by atoms with Gasteiger partial charge in [0, 0.05) is 6.20 Å². The van der Waals surface area contributed by atoms with Gasteiger partial charge >= 0.3 is 0 Å². The molecule has 0 radical (unpaired) electrons. The Kier molecular flexibility index (Phi) is 3.66. The highest BCUT2D eigenvalue weighted by molar-refractivity contribution is 14.1. The van der Waals surface area contributed by atoms with E-state index in [2.05, 4.69) is 27.7 Å². The molecule has 5 heteroatoms. The summed E-state index contributed by atoms with van der Waals surface area (Å²) in [4.78, 5) is 0. The molecule has 0 aliphatic rings. The van der Waals surface area contributed by atoms with Gasteiger partial charge in [-0.05, 0) is 34.7 Å². The van der Waals surface area contributed by atoms with E-state index >= 15 is 0 Å². The molecule has 1 aromatic heterocycles. The van der Waals surface area contributed by atoms with Crippen LogP contribution in [0.25, 0.3) is 0 Å². The van der Waals surface area contributed by atoms with Gasteiger partial charge in [0.15, 0.2) is 0 Å². The van der Waals surface area contributed by atoms with E-state index in [1.54, 1.807) is 0 Å². The number of para-hydroxylation sites is 2. The van der Waals surface area contributed by atoms with Gasteiger partial charge in [-0.1, -0.05) is 12.1 Å². The topological polar surface area (TPSA) is 53.1 Å². The van der Waals surface area contributed by atoms with Crippen LogP contribution in [0, 0.1) is 3.57 Å². The Balaban J connectivity index is 1.87. The second-order valence-corrected chi connectivity index (χ2v) is 4.55. The fourth-order valence-corrected chi connectivity index (χ4v) is 1.77. The minimum absolute atomic E-state index is 0.561. The van der Waals surface area contributed by atoms with E-state index in [0.29, 0.717) is 12.3 Å². The van der Waals surface area contributed by atoms with Crippen LogP contribution in [0.4, 0.5) is 5.69 Å². The number of ether oxygens (including phenoxy) is 1. The van der Waals surface area contributed by atoms with Gasteiger partial charge in [0.25, 0.3) is 0 Å². The summed E-state index contributed by atoms with van der Waals surface area (Å²) in [5, 5.41) is 4.17. The molecule has 0 amide bonds. The first-order valence-electron chi connectivity index (χ1n) is 4.91. The maximum Gasteiger partial charge on any atom is 0.142 e. The zero-order valence-electron chi connectivity index (χ0n) is 8.64. The number of nitrogens with zero attached hydrogens (tertiary/aromatic N) is 2. The van der Waals surface area contributed by atoms with Gasteiger partial charge in [0.2, 0.25) is 0 Å². The van der Waals surface area contributed by atoms with Crippen LogP contribution in [0.5, 0.6) is 5.75 Å². The summed E-state index contributed by atoms with van der Waals surface area (Å²) < 4.78 is 8.53. The smallest absolute Gasteiger partial charge is 0.142 e. The molecular formula is C11H12IN3O. The first-order valence-corrected chi connectivity index (χ1v) is 5.99. The van der Waals surface area contributed by atoms with Crippen LogP contribution < -0.4 is 10.5 Å². The Morgan fingerprint density at radius 2 is 2.19 bits per heavy atom. The number of nitrogens with two attached hydrogens (primary N) is 1. The second kappa shape index (κ2) is 5.20. The SMILES string of the molecule is Nc1ccccc1OCCn1cc(I)cn1. The van der Waals surface area contributed by atoms with Crippen molar-refractivity contribution in [2.24, 2.45) is 0 Å². The van der Waals surface area contributed by atoms with E-state index < -0.39 is 0 Å². The van der Waals surface area contributed by atoms with Crippen molar-refractivity contribution in [2.75, 3.05) is 12.3 Å². The van der Waals surface area contributed by atoms with Crippen molar-refractivity contribution in [3.63, 3.8) is 0 Å². The Morgan fingerprint density at radius 3 is 2.88 bits per heavy atom. The van der Waals surface area contributed by atoms with Crippen molar-refractivity contribution in [3.05, 3.63) is 40.2 Å². The lowest BCUT2D eigenvalue weighted by molar-refractivity contribution is 0.293. The minimum Gasteiger partial charge on any atom is -0.490 e. The fraction of sp³-hybridized carbons (Fsp3) is 0.182. The monoisotopic (exact) mass is 329 g/mol. The van der Waals surface area contributed by atoms with Gasteiger partial charge in [0.05, 0.1) is 22.0 Å². The van der Waals surface area contributed by atoms with E-state index in [0.717, 1.165) is 15.9 Å². The van der Waals surface area contributed by atoms with Crippen molar-refractivity contribution in [1.29, 1.82) is 0 Å². The second-order valence-electron chi connectivity index (χ2n) is 3.31. The number of hydrogen-bond donors (Lipinski definition) is 1. The number of hydrogen-bond acceptors (Lipinski definition) is 3. The molecule has 1 heterocycles. The van der Waals surface area contributed by atoms with Crippen molar-refractivity contribution in [2.45, 2.75) is 6.54 Å². The molecule has 84 valence electrons. The van der Waals surface area contributed by atoms with Crippen LogP contribution >= 0.6 is 22.6 Å². The maximum atomic E-state index is 5.76. The number of halogens is 1. The molecular weight excluding hydrogens is 317 g/mol. The molecule has 2 aromatic rings. The molecule has 0 fully saturated rings. The van der Waals surface area contributed by atoms with E-state index in [-0.39, 0.29) is 0 Å². The van der Waals surface area contributed by atoms with E-state index in [4.69, 9.17) is 10.5 Å².